The predicted molar refractivity (Wildman–Crippen MR) is 91.4 cm³/mol. The van der Waals surface area contributed by atoms with Crippen molar-refractivity contribution >= 4 is 17.7 Å². The fourth-order valence-corrected chi connectivity index (χ4v) is 3.15. The zero-order chi connectivity index (χ0) is 17.3. The van der Waals surface area contributed by atoms with Crippen molar-refractivity contribution in [2.45, 2.75) is 58.4 Å². The van der Waals surface area contributed by atoms with Crippen LogP contribution in [0.3, 0.4) is 0 Å². The van der Waals surface area contributed by atoms with Crippen molar-refractivity contribution in [1.82, 2.24) is 4.90 Å². The number of ether oxygens (including phenoxy) is 3. The van der Waals surface area contributed by atoms with Crippen LogP contribution in [-0.4, -0.2) is 35.9 Å². The quantitative estimate of drug-likeness (QED) is 0.801. The largest absolute Gasteiger partial charge is 0.489 e. The zero-order valence-electron chi connectivity index (χ0n) is 14.4. The Labute approximate surface area is 147 Å². The molecule has 0 atom stereocenters. The molecular formula is C18H24ClNO4. The van der Waals surface area contributed by atoms with Gasteiger partial charge in [0.1, 0.15) is 17.5 Å². The van der Waals surface area contributed by atoms with Crippen LogP contribution in [0.25, 0.3) is 0 Å². The summed E-state index contributed by atoms with van der Waals surface area (Å²) in [5.41, 5.74) is 1.61. The lowest BCUT2D eigenvalue weighted by Crippen LogP contribution is -2.33. The summed E-state index contributed by atoms with van der Waals surface area (Å²) in [6, 6.07) is 3.85. The fraction of sp³-hybridized carbons (Fsp3) is 0.611. The lowest BCUT2D eigenvalue weighted by atomic mass is 10.1. The second kappa shape index (κ2) is 6.81. The third-order valence-electron chi connectivity index (χ3n) is 4.09. The molecule has 2 aliphatic heterocycles. The van der Waals surface area contributed by atoms with E-state index in [9.17, 15) is 4.79 Å². The molecule has 1 fully saturated rings. The molecule has 0 spiro atoms. The van der Waals surface area contributed by atoms with Gasteiger partial charge in [-0.2, -0.15) is 0 Å². The van der Waals surface area contributed by atoms with Crippen molar-refractivity contribution in [2.75, 3.05) is 13.2 Å². The molecule has 1 aromatic rings. The molecule has 5 nitrogen and oxygen atoms in total. The van der Waals surface area contributed by atoms with Crippen LogP contribution in [0.2, 0.25) is 5.02 Å². The van der Waals surface area contributed by atoms with Gasteiger partial charge in [-0.3, -0.25) is 4.90 Å². The molecule has 2 heterocycles. The molecule has 2 aliphatic rings. The Morgan fingerprint density at radius 3 is 2.46 bits per heavy atom. The van der Waals surface area contributed by atoms with Crippen LogP contribution in [-0.2, 0) is 22.6 Å². The number of nitrogens with zero attached hydrogens (tertiary/aromatic N) is 1. The van der Waals surface area contributed by atoms with E-state index < -0.39 is 5.60 Å². The van der Waals surface area contributed by atoms with Gasteiger partial charge in [-0.15, -0.1) is 0 Å². The number of fused-ring (bicyclic) bond motifs is 1. The van der Waals surface area contributed by atoms with Gasteiger partial charge >= 0.3 is 6.09 Å². The molecular weight excluding hydrogens is 330 g/mol. The molecule has 6 heteroatoms. The molecule has 3 rings (SSSR count). The molecule has 1 aromatic carbocycles. The summed E-state index contributed by atoms with van der Waals surface area (Å²) in [6.07, 6.45) is 1.58. The van der Waals surface area contributed by atoms with Crippen LogP contribution in [0.15, 0.2) is 12.1 Å². The minimum absolute atomic E-state index is 0.137. The monoisotopic (exact) mass is 353 g/mol. The Morgan fingerprint density at radius 1 is 1.21 bits per heavy atom. The number of rotatable bonds is 2. The molecule has 0 unspecified atom stereocenters. The lowest BCUT2D eigenvalue weighted by Gasteiger charge is -2.24. The zero-order valence-corrected chi connectivity index (χ0v) is 15.2. The van der Waals surface area contributed by atoms with Gasteiger partial charge in [0.25, 0.3) is 0 Å². The van der Waals surface area contributed by atoms with E-state index in [1.54, 1.807) is 4.90 Å². The first-order chi connectivity index (χ1) is 11.3. The Bertz CT molecular complexity index is 620. The Hall–Kier alpha value is -1.46. The minimum atomic E-state index is -0.499. The van der Waals surface area contributed by atoms with Crippen LogP contribution in [0.4, 0.5) is 4.79 Å². The third-order valence-corrected chi connectivity index (χ3v) is 4.39. The van der Waals surface area contributed by atoms with Crippen LogP contribution in [0.5, 0.6) is 5.75 Å². The molecule has 1 saturated heterocycles. The smallest absolute Gasteiger partial charge is 0.410 e. The van der Waals surface area contributed by atoms with E-state index in [1.165, 1.54) is 0 Å². The van der Waals surface area contributed by atoms with E-state index >= 15 is 0 Å². The number of benzene rings is 1. The minimum Gasteiger partial charge on any atom is -0.489 e. The van der Waals surface area contributed by atoms with Crippen molar-refractivity contribution in [1.29, 1.82) is 0 Å². The average molecular weight is 354 g/mol. The van der Waals surface area contributed by atoms with Crippen LogP contribution in [0.1, 0.15) is 44.7 Å². The number of carbonyl (C=O) groups is 1. The predicted octanol–water partition coefficient (Wildman–Crippen LogP) is 4.15. The SMILES string of the molecule is CC(C)(C)OC(=O)N1Cc2cc(Cl)c(OC3CCOCC3)cc2C1. The Morgan fingerprint density at radius 2 is 1.83 bits per heavy atom. The second-order valence-corrected chi connectivity index (χ2v) is 7.72. The maximum atomic E-state index is 12.2. The van der Waals surface area contributed by atoms with Gasteiger partial charge < -0.3 is 14.2 Å². The molecule has 0 aliphatic carbocycles. The number of halogens is 1. The maximum Gasteiger partial charge on any atom is 0.410 e. The average Bonchev–Trinajstić information content (AvgIpc) is 2.90. The van der Waals surface area contributed by atoms with Crippen molar-refractivity contribution in [3.63, 3.8) is 0 Å². The second-order valence-electron chi connectivity index (χ2n) is 7.32. The summed E-state index contributed by atoms with van der Waals surface area (Å²) in [5, 5.41) is 0.589. The summed E-state index contributed by atoms with van der Waals surface area (Å²) in [7, 11) is 0. The molecule has 0 radical (unpaired) electrons. The van der Waals surface area contributed by atoms with Gasteiger partial charge in [0, 0.05) is 25.9 Å². The van der Waals surface area contributed by atoms with Gasteiger partial charge in [-0.25, -0.2) is 4.79 Å². The van der Waals surface area contributed by atoms with Gasteiger partial charge in [0.2, 0.25) is 0 Å². The Kier molecular flexibility index (Phi) is 4.92. The highest BCUT2D eigenvalue weighted by Gasteiger charge is 2.29. The summed E-state index contributed by atoms with van der Waals surface area (Å²) in [4.78, 5) is 13.9. The van der Waals surface area contributed by atoms with E-state index in [4.69, 9.17) is 25.8 Å². The molecule has 0 N–H and O–H groups in total. The van der Waals surface area contributed by atoms with Gasteiger partial charge in [-0.05, 0) is 44.0 Å². The summed E-state index contributed by atoms with van der Waals surface area (Å²) in [6.45, 7) is 8.08. The van der Waals surface area contributed by atoms with E-state index in [0.717, 1.165) is 37.2 Å². The molecule has 0 bridgehead atoms. The summed E-state index contributed by atoms with van der Waals surface area (Å²) >= 11 is 6.37. The number of hydrogen-bond acceptors (Lipinski definition) is 4. The number of carbonyl (C=O) groups excluding carboxylic acids is 1. The van der Waals surface area contributed by atoms with Crippen molar-refractivity contribution in [3.8, 4) is 5.75 Å². The van der Waals surface area contributed by atoms with Crippen molar-refractivity contribution in [3.05, 3.63) is 28.3 Å². The molecule has 24 heavy (non-hydrogen) atoms. The van der Waals surface area contributed by atoms with E-state index in [1.807, 2.05) is 32.9 Å². The van der Waals surface area contributed by atoms with E-state index in [2.05, 4.69) is 0 Å². The first-order valence-corrected chi connectivity index (χ1v) is 8.73. The fourth-order valence-electron chi connectivity index (χ4n) is 2.92. The van der Waals surface area contributed by atoms with Gasteiger partial charge in [0.15, 0.2) is 0 Å². The van der Waals surface area contributed by atoms with E-state index in [0.29, 0.717) is 23.9 Å². The van der Waals surface area contributed by atoms with Gasteiger partial charge in [-0.1, -0.05) is 11.6 Å². The van der Waals surface area contributed by atoms with Crippen molar-refractivity contribution < 1.29 is 19.0 Å². The molecule has 132 valence electrons. The summed E-state index contributed by atoms with van der Waals surface area (Å²) in [5.74, 6) is 0.688. The van der Waals surface area contributed by atoms with Crippen LogP contribution >= 0.6 is 11.6 Å². The van der Waals surface area contributed by atoms with Crippen LogP contribution < -0.4 is 4.74 Å². The summed E-state index contributed by atoms with van der Waals surface area (Å²) < 4.78 is 16.8. The molecule has 0 aromatic heterocycles. The topological polar surface area (TPSA) is 48.0 Å². The lowest BCUT2D eigenvalue weighted by molar-refractivity contribution is 0.0237. The van der Waals surface area contributed by atoms with Crippen LogP contribution in [0, 0.1) is 0 Å². The molecule has 1 amide bonds. The highest BCUT2D eigenvalue weighted by molar-refractivity contribution is 6.32. The Balaban J connectivity index is 1.69. The van der Waals surface area contributed by atoms with Crippen molar-refractivity contribution in [2.24, 2.45) is 0 Å². The first kappa shape index (κ1) is 17.4. The normalized spacial score (nSPS) is 18.4. The highest BCUT2D eigenvalue weighted by atomic mass is 35.5. The standard InChI is InChI=1S/C18H24ClNO4/c1-18(2,3)24-17(21)20-10-12-8-15(19)16(9-13(12)11-20)23-14-4-6-22-7-5-14/h8-9,14H,4-7,10-11H2,1-3H3. The number of hydrogen-bond donors (Lipinski definition) is 0. The van der Waals surface area contributed by atoms with Gasteiger partial charge in [0.05, 0.1) is 18.2 Å². The highest BCUT2D eigenvalue weighted by Crippen LogP contribution is 2.35. The third kappa shape index (κ3) is 4.14. The van der Waals surface area contributed by atoms with E-state index in [-0.39, 0.29) is 12.2 Å². The molecule has 0 saturated carbocycles. The number of amides is 1. The maximum absolute atomic E-state index is 12.2. The first-order valence-electron chi connectivity index (χ1n) is 8.35.